The quantitative estimate of drug-likeness (QED) is 0.473. The summed E-state index contributed by atoms with van der Waals surface area (Å²) in [6.45, 7) is 0. The maximum atomic E-state index is 10.8. The van der Waals surface area contributed by atoms with Crippen LogP contribution in [0.1, 0.15) is 0 Å². The lowest BCUT2D eigenvalue weighted by Crippen LogP contribution is -1.94. The third-order valence-electron chi connectivity index (χ3n) is 1.85. The first kappa shape index (κ1) is 12.5. The number of para-hydroxylation sites is 2. The average molecular weight is 307 g/mol. The normalized spacial score (nSPS) is 11.8. The van der Waals surface area contributed by atoms with Crippen LogP contribution in [0.5, 0.6) is 0 Å². The Bertz CT molecular complexity index is 636. The van der Waals surface area contributed by atoms with Gasteiger partial charge in [-0.05, 0) is 6.07 Å². The molecule has 8 heteroatoms. The van der Waals surface area contributed by atoms with E-state index in [9.17, 15) is 10.1 Å². The Morgan fingerprint density at radius 3 is 2.53 bits per heavy atom. The van der Waals surface area contributed by atoms with E-state index in [1.165, 1.54) is 26.7 Å². The third kappa shape index (κ3) is 2.66. The molecule has 2 aromatic rings. The molecule has 0 spiro atoms. The molecule has 2 rings (SSSR count). The zero-order valence-corrected chi connectivity index (χ0v) is 11.2. The van der Waals surface area contributed by atoms with Crippen LogP contribution in [0.25, 0.3) is 0 Å². The zero-order chi connectivity index (χ0) is 12.4. The number of nitrogens with zero attached hydrogens (tertiary/aromatic N) is 2. The van der Waals surface area contributed by atoms with Gasteiger partial charge in [0.1, 0.15) is 19.7 Å². The van der Waals surface area contributed by atoms with Crippen molar-refractivity contribution in [2.24, 2.45) is 4.99 Å². The summed E-state index contributed by atoms with van der Waals surface area (Å²) in [5.41, 5.74) is 0.211. The molecular formula is C9H4Cl2N2O2S2. The van der Waals surface area contributed by atoms with Gasteiger partial charge in [-0.2, -0.15) is 0 Å². The lowest BCUT2D eigenvalue weighted by atomic mass is 10.3. The smallest absolute Gasteiger partial charge is 0.258 e. The fourth-order valence-electron chi connectivity index (χ4n) is 1.12. The molecule has 0 bridgehead atoms. The largest absolute Gasteiger partial charge is 0.294 e. The Kier molecular flexibility index (Phi) is 3.78. The average Bonchev–Trinajstić information content (AvgIpc) is 2.61. The van der Waals surface area contributed by atoms with Gasteiger partial charge in [0.05, 0.1) is 4.92 Å². The summed E-state index contributed by atoms with van der Waals surface area (Å²) >= 11 is 11.7. The predicted molar refractivity (Wildman–Crippen MR) is 70.5 cm³/mol. The Labute approximate surface area is 113 Å². The van der Waals surface area contributed by atoms with E-state index in [4.69, 9.17) is 23.2 Å². The van der Waals surface area contributed by atoms with Crippen LogP contribution in [0.3, 0.4) is 0 Å². The molecule has 0 fully saturated rings. The molecule has 0 aliphatic heterocycles. The van der Waals surface area contributed by atoms with Crippen LogP contribution < -0.4 is 4.67 Å². The molecule has 0 saturated carbocycles. The van der Waals surface area contributed by atoms with Gasteiger partial charge in [-0.3, -0.25) is 10.1 Å². The fraction of sp³-hybridized carbons (Fsp3) is 0. The maximum Gasteiger partial charge on any atom is 0.294 e. The van der Waals surface area contributed by atoms with E-state index >= 15 is 0 Å². The minimum absolute atomic E-state index is 0.0573. The Morgan fingerprint density at radius 1 is 1.24 bits per heavy atom. The van der Waals surface area contributed by atoms with E-state index < -0.39 is 4.92 Å². The summed E-state index contributed by atoms with van der Waals surface area (Å²) in [6, 6.07) is 6.22. The molecular weight excluding hydrogens is 303 g/mol. The molecule has 4 nitrogen and oxygen atoms in total. The van der Waals surface area contributed by atoms with Crippen LogP contribution in [0.4, 0.5) is 11.4 Å². The Balaban J connectivity index is 2.60. The van der Waals surface area contributed by atoms with Gasteiger partial charge >= 0.3 is 0 Å². The molecule has 0 unspecified atom stereocenters. The molecule has 0 radical (unpaired) electrons. The number of rotatable bonds is 2. The van der Waals surface area contributed by atoms with Gasteiger partial charge in [-0.1, -0.05) is 56.0 Å². The SMILES string of the molecule is O=[N+]([O-])c1ccccc1N=c1ssc(Cl)c1Cl. The summed E-state index contributed by atoms with van der Waals surface area (Å²) < 4.78 is 0.921. The van der Waals surface area contributed by atoms with Crippen LogP contribution in [0.15, 0.2) is 29.3 Å². The summed E-state index contributed by atoms with van der Waals surface area (Å²) in [4.78, 5) is 14.5. The Morgan fingerprint density at radius 2 is 1.94 bits per heavy atom. The van der Waals surface area contributed by atoms with Crippen molar-refractivity contribution in [3.05, 3.63) is 48.4 Å². The third-order valence-corrected chi connectivity index (χ3v) is 5.35. The van der Waals surface area contributed by atoms with Crippen LogP contribution in [0, 0.1) is 10.1 Å². The predicted octanol–water partition coefficient (Wildman–Crippen LogP) is 4.26. The standard InChI is InChI=1S/C9H4Cl2N2O2S2/c10-7-8(11)16-17-9(7)12-5-3-1-2-4-6(5)13(14)15/h1-4H. The van der Waals surface area contributed by atoms with Crippen molar-refractivity contribution in [3.8, 4) is 0 Å². The van der Waals surface area contributed by atoms with Gasteiger partial charge in [0.2, 0.25) is 0 Å². The van der Waals surface area contributed by atoms with Gasteiger partial charge in [-0.25, -0.2) is 4.99 Å². The van der Waals surface area contributed by atoms with Crippen LogP contribution >= 0.6 is 43.9 Å². The summed E-state index contributed by atoms with van der Waals surface area (Å²) in [7, 11) is 2.56. The lowest BCUT2D eigenvalue weighted by molar-refractivity contribution is -0.384. The minimum atomic E-state index is -0.481. The van der Waals surface area contributed by atoms with E-state index in [1.807, 2.05) is 0 Å². The van der Waals surface area contributed by atoms with E-state index in [2.05, 4.69) is 4.99 Å². The number of nitro groups is 1. The molecule has 0 amide bonds. The van der Waals surface area contributed by atoms with E-state index in [1.54, 1.807) is 18.2 Å². The highest BCUT2D eigenvalue weighted by Crippen LogP contribution is 2.30. The van der Waals surface area contributed by atoms with Crippen molar-refractivity contribution in [3.63, 3.8) is 0 Å². The molecule has 17 heavy (non-hydrogen) atoms. The number of hydrogen-bond acceptors (Lipinski definition) is 5. The number of hydrogen-bond donors (Lipinski definition) is 0. The van der Waals surface area contributed by atoms with Crippen LogP contribution in [0.2, 0.25) is 9.36 Å². The molecule has 0 aliphatic carbocycles. The zero-order valence-electron chi connectivity index (χ0n) is 8.09. The monoisotopic (exact) mass is 306 g/mol. The van der Waals surface area contributed by atoms with Crippen molar-refractivity contribution >= 4 is 55.3 Å². The fourth-order valence-corrected chi connectivity index (χ4v) is 3.87. The highest BCUT2D eigenvalue weighted by atomic mass is 35.5. The van der Waals surface area contributed by atoms with Crippen LogP contribution in [-0.4, -0.2) is 4.92 Å². The molecule has 1 aromatic heterocycles. The van der Waals surface area contributed by atoms with Crippen molar-refractivity contribution in [1.82, 2.24) is 0 Å². The highest BCUT2D eigenvalue weighted by Gasteiger charge is 2.12. The number of benzene rings is 1. The second-order valence-corrected chi connectivity index (χ2v) is 6.03. The summed E-state index contributed by atoms with van der Waals surface area (Å²) in [6.07, 6.45) is 0. The van der Waals surface area contributed by atoms with E-state index in [-0.39, 0.29) is 11.4 Å². The molecule has 88 valence electrons. The number of nitro benzene ring substituents is 1. The minimum Gasteiger partial charge on any atom is -0.258 e. The maximum absolute atomic E-state index is 10.8. The molecule has 0 N–H and O–H groups in total. The summed E-state index contributed by atoms with van der Waals surface area (Å²) in [5, 5.41) is 11.1. The summed E-state index contributed by atoms with van der Waals surface area (Å²) in [5.74, 6) is 0. The van der Waals surface area contributed by atoms with Crippen molar-refractivity contribution in [2.45, 2.75) is 0 Å². The second kappa shape index (κ2) is 5.14. The first-order chi connectivity index (χ1) is 8.09. The van der Waals surface area contributed by atoms with Gasteiger partial charge in [0, 0.05) is 6.07 Å². The van der Waals surface area contributed by atoms with Gasteiger partial charge in [-0.15, -0.1) is 0 Å². The van der Waals surface area contributed by atoms with Gasteiger partial charge in [0.25, 0.3) is 5.69 Å². The number of halogens is 2. The topological polar surface area (TPSA) is 55.5 Å². The lowest BCUT2D eigenvalue weighted by Gasteiger charge is -1.94. The van der Waals surface area contributed by atoms with E-state index in [0.717, 1.165) is 0 Å². The second-order valence-electron chi connectivity index (χ2n) is 2.92. The van der Waals surface area contributed by atoms with Gasteiger partial charge in [0.15, 0.2) is 0 Å². The van der Waals surface area contributed by atoms with Crippen LogP contribution in [-0.2, 0) is 0 Å². The first-order valence-corrected chi connectivity index (χ1v) is 7.22. The van der Waals surface area contributed by atoms with Crippen molar-refractivity contribution < 1.29 is 4.92 Å². The van der Waals surface area contributed by atoms with Gasteiger partial charge < -0.3 is 0 Å². The molecule has 0 atom stereocenters. The Hall–Kier alpha value is -0.950. The van der Waals surface area contributed by atoms with Crippen molar-refractivity contribution in [2.75, 3.05) is 0 Å². The molecule has 0 aliphatic rings. The van der Waals surface area contributed by atoms with Crippen molar-refractivity contribution in [1.29, 1.82) is 0 Å². The molecule has 1 aromatic carbocycles. The molecule has 1 heterocycles. The highest BCUT2D eigenvalue weighted by molar-refractivity contribution is 7.69. The molecule has 0 saturated heterocycles. The van der Waals surface area contributed by atoms with E-state index in [0.29, 0.717) is 14.0 Å². The first-order valence-electron chi connectivity index (χ1n) is 4.32.